The third-order valence-electron chi connectivity index (χ3n) is 2.54. The highest BCUT2D eigenvalue weighted by atomic mass is 19.3. The molecule has 0 aliphatic carbocycles. The number of alkyl halides is 3. The largest absolute Gasteiger partial charge is 0.465 e. The van der Waals surface area contributed by atoms with Crippen molar-refractivity contribution in [1.82, 2.24) is 10.2 Å². The molecule has 0 aromatic rings. The van der Waals surface area contributed by atoms with Crippen LogP contribution < -0.4 is 5.32 Å². The molecular formula is C8H13F3N2O3. The van der Waals surface area contributed by atoms with Crippen molar-refractivity contribution in [1.29, 1.82) is 0 Å². The third-order valence-corrected chi connectivity index (χ3v) is 2.54. The molecule has 2 atom stereocenters. The van der Waals surface area contributed by atoms with Gasteiger partial charge >= 0.3 is 12.2 Å². The molecule has 0 aromatic heterocycles. The Kier molecular flexibility index (Phi) is 3.98. The standard InChI is InChI=1S/C8H13F3N2O3/c9-3-6(8(10,11)16)13-2-1-5(4-13)12-7(14)15/h5-6,12,16H,1-4H2,(H,14,15). The van der Waals surface area contributed by atoms with Crippen LogP contribution in [0.2, 0.25) is 0 Å². The van der Waals surface area contributed by atoms with Gasteiger partial charge in [-0.25, -0.2) is 9.18 Å². The Bertz CT molecular complexity index is 259. The molecule has 0 bridgehead atoms. The quantitative estimate of drug-likeness (QED) is 0.660. The summed E-state index contributed by atoms with van der Waals surface area (Å²) < 4.78 is 37.5. The van der Waals surface area contributed by atoms with Crippen molar-refractivity contribution < 1.29 is 28.2 Å². The fraction of sp³-hybridized carbons (Fsp3) is 0.875. The highest BCUT2D eigenvalue weighted by molar-refractivity contribution is 5.64. The van der Waals surface area contributed by atoms with E-state index in [0.29, 0.717) is 6.42 Å². The second-order valence-electron chi connectivity index (χ2n) is 3.69. The molecule has 3 N–H and O–H groups in total. The smallest absolute Gasteiger partial charge is 0.404 e. The maximum absolute atomic E-state index is 12.6. The number of carboxylic acid groups (broad SMARTS) is 1. The molecule has 1 aliphatic heterocycles. The molecule has 0 radical (unpaired) electrons. The van der Waals surface area contributed by atoms with Crippen LogP contribution in [0.25, 0.3) is 0 Å². The highest BCUT2D eigenvalue weighted by Gasteiger charge is 2.44. The lowest BCUT2D eigenvalue weighted by molar-refractivity contribution is -0.242. The van der Waals surface area contributed by atoms with Crippen molar-refractivity contribution in [3.05, 3.63) is 0 Å². The van der Waals surface area contributed by atoms with Crippen molar-refractivity contribution in [2.75, 3.05) is 19.8 Å². The summed E-state index contributed by atoms with van der Waals surface area (Å²) in [7, 11) is 0. The zero-order valence-corrected chi connectivity index (χ0v) is 8.37. The van der Waals surface area contributed by atoms with Crippen LogP contribution in [0.1, 0.15) is 6.42 Å². The number of hydrogen-bond acceptors (Lipinski definition) is 3. The third kappa shape index (κ3) is 3.24. The van der Waals surface area contributed by atoms with Crippen molar-refractivity contribution in [2.24, 2.45) is 0 Å². The van der Waals surface area contributed by atoms with Gasteiger partial charge in [0.25, 0.3) is 0 Å². The Labute approximate surface area is 89.8 Å². The van der Waals surface area contributed by atoms with Gasteiger partial charge in [0.2, 0.25) is 0 Å². The van der Waals surface area contributed by atoms with Crippen LogP contribution in [0.3, 0.4) is 0 Å². The molecular weight excluding hydrogens is 229 g/mol. The zero-order chi connectivity index (χ0) is 12.3. The van der Waals surface area contributed by atoms with Crippen LogP contribution in [-0.4, -0.2) is 59.2 Å². The number of hydrogen-bond donors (Lipinski definition) is 3. The number of rotatable bonds is 4. The van der Waals surface area contributed by atoms with Gasteiger partial charge in [-0.3, -0.25) is 4.90 Å². The van der Waals surface area contributed by atoms with Crippen LogP contribution in [0.15, 0.2) is 0 Å². The summed E-state index contributed by atoms with van der Waals surface area (Å²) in [6.45, 7) is -1.30. The molecule has 1 saturated heterocycles. The van der Waals surface area contributed by atoms with E-state index in [-0.39, 0.29) is 13.1 Å². The molecule has 2 unspecified atom stereocenters. The molecule has 1 rings (SSSR count). The maximum Gasteiger partial charge on any atom is 0.404 e. The second-order valence-corrected chi connectivity index (χ2v) is 3.69. The van der Waals surface area contributed by atoms with Gasteiger partial charge in [-0.2, -0.15) is 8.78 Å². The second kappa shape index (κ2) is 4.88. The number of aliphatic hydroxyl groups is 1. The molecule has 0 aromatic carbocycles. The van der Waals surface area contributed by atoms with E-state index in [0.717, 1.165) is 4.90 Å². The van der Waals surface area contributed by atoms with Gasteiger partial charge in [0.15, 0.2) is 0 Å². The normalized spacial score (nSPS) is 24.4. The molecule has 1 aliphatic rings. The molecule has 1 heterocycles. The average Bonchev–Trinajstić information content (AvgIpc) is 2.50. The van der Waals surface area contributed by atoms with E-state index in [9.17, 15) is 18.0 Å². The first-order chi connectivity index (χ1) is 7.34. The molecule has 0 saturated carbocycles. The van der Waals surface area contributed by atoms with Crippen LogP contribution in [0.4, 0.5) is 18.0 Å². The highest BCUT2D eigenvalue weighted by Crippen LogP contribution is 2.24. The van der Waals surface area contributed by atoms with E-state index in [1.807, 2.05) is 0 Å². The summed E-state index contributed by atoms with van der Waals surface area (Å²) in [5.74, 6) is 0. The number of nitrogens with zero attached hydrogens (tertiary/aromatic N) is 1. The van der Waals surface area contributed by atoms with Gasteiger partial charge in [-0.05, 0) is 6.42 Å². The molecule has 16 heavy (non-hydrogen) atoms. The monoisotopic (exact) mass is 242 g/mol. The minimum absolute atomic E-state index is 0.0307. The van der Waals surface area contributed by atoms with Gasteiger partial charge in [-0.1, -0.05) is 0 Å². The van der Waals surface area contributed by atoms with Crippen molar-refractivity contribution in [3.63, 3.8) is 0 Å². The average molecular weight is 242 g/mol. The number of likely N-dealkylation sites (tertiary alicyclic amines) is 1. The van der Waals surface area contributed by atoms with Crippen LogP contribution in [0.5, 0.6) is 0 Å². The summed E-state index contributed by atoms with van der Waals surface area (Å²) in [6, 6.07) is -2.41. The number of carbonyl (C=O) groups is 1. The SMILES string of the molecule is O=C(O)NC1CCN(C(CF)C(O)(F)F)C1. The lowest BCUT2D eigenvalue weighted by Gasteiger charge is -2.28. The summed E-state index contributed by atoms with van der Waals surface area (Å²) in [6.07, 6.45) is -5.05. The number of nitrogens with one attached hydrogen (secondary N) is 1. The minimum Gasteiger partial charge on any atom is -0.465 e. The van der Waals surface area contributed by atoms with E-state index in [2.05, 4.69) is 5.32 Å². The summed E-state index contributed by atoms with van der Waals surface area (Å²) in [5, 5.41) is 19.0. The van der Waals surface area contributed by atoms with Crippen LogP contribution in [-0.2, 0) is 0 Å². The summed E-state index contributed by atoms with van der Waals surface area (Å²) >= 11 is 0. The lowest BCUT2D eigenvalue weighted by atomic mass is 10.2. The van der Waals surface area contributed by atoms with E-state index in [1.54, 1.807) is 0 Å². The Morgan fingerprint density at radius 1 is 1.62 bits per heavy atom. The van der Waals surface area contributed by atoms with Gasteiger partial charge in [0.1, 0.15) is 12.7 Å². The molecule has 0 spiro atoms. The topological polar surface area (TPSA) is 72.8 Å². The van der Waals surface area contributed by atoms with E-state index < -0.39 is 31.0 Å². The van der Waals surface area contributed by atoms with Crippen LogP contribution >= 0.6 is 0 Å². The first-order valence-electron chi connectivity index (χ1n) is 4.74. The lowest BCUT2D eigenvalue weighted by Crippen LogP contribution is -2.49. The van der Waals surface area contributed by atoms with Crippen molar-refractivity contribution in [2.45, 2.75) is 24.6 Å². The predicted octanol–water partition coefficient (Wildman–Crippen LogP) is 0.251. The summed E-state index contributed by atoms with van der Waals surface area (Å²) in [4.78, 5) is 11.3. The fourth-order valence-electron chi connectivity index (χ4n) is 1.77. The molecule has 1 fully saturated rings. The molecule has 94 valence electrons. The predicted molar refractivity (Wildman–Crippen MR) is 48.1 cm³/mol. The first-order valence-corrected chi connectivity index (χ1v) is 4.74. The Hall–Kier alpha value is -1.02. The van der Waals surface area contributed by atoms with Gasteiger partial charge in [0, 0.05) is 19.1 Å². The molecule has 5 nitrogen and oxygen atoms in total. The fourth-order valence-corrected chi connectivity index (χ4v) is 1.77. The van der Waals surface area contributed by atoms with E-state index in [1.165, 1.54) is 0 Å². The zero-order valence-electron chi connectivity index (χ0n) is 8.37. The Balaban J connectivity index is 2.54. The summed E-state index contributed by atoms with van der Waals surface area (Å²) in [5.41, 5.74) is 0. The Morgan fingerprint density at radius 2 is 2.25 bits per heavy atom. The van der Waals surface area contributed by atoms with E-state index in [4.69, 9.17) is 10.2 Å². The van der Waals surface area contributed by atoms with Gasteiger partial charge in [0.05, 0.1) is 0 Å². The Morgan fingerprint density at radius 3 is 2.69 bits per heavy atom. The number of amides is 1. The van der Waals surface area contributed by atoms with Crippen molar-refractivity contribution >= 4 is 6.09 Å². The minimum atomic E-state index is -4.12. The van der Waals surface area contributed by atoms with Gasteiger partial charge in [-0.15, -0.1) is 0 Å². The van der Waals surface area contributed by atoms with Crippen LogP contribution in [0, 0.1) is 0 Å². The number of halogens is 3. The molecule has 8 heteroatoms. The maximum atomic E-state index is 12.6. The van der Waals surface area contributed by atoms with Gasteiger partial charge < -0.3 is 15.5 Å². The first kappa shape index (κ1) is 13.0. The molecule has 1 amide bonds. The van der Waals surface area contributed by atoms with E-state index >= 15 is 0 Å². The van der Waals surface area contributed by atoms with Crippen molar-refractivity contribution in [3.8, 4) is 0 Å².